The van der Waals surface area contributed by atoms with Gasteiger partial charge in [-0.05, 0) is 96.8 Å². The van der Waals surface area contributed by atoms with Crippen LogP contribution in [-0.2, 0) is 9.59 Å². The molecule has 6 rings (SSSR count). The molecule has 0 spiro atoms. The third-order valence-electron chi connectivity index (χ3n) is 9.17. The largest absolute Gasteiger partial charge is 0.493 e. The molecule has 290 valence electrons. The van der Waals surface area contributed by atoms with E-state index in [9.17, 15) is 9.59 Å². The van der Waals surface area contributed by atoms with Gasteiger partial charge in [-0.3, -0.25) is 19.4 Å². The van der Waals surface area contributed by atoms with Crippen molar-refractivity contribution < 1.29 is 28.5 Å². The van der Waals surface area contributed by atoms with Crippen molar-refractivity contribution in [2.75, 3.05) is 41.5 Å². The van der Waals surface area contributed by atoms with E-state index in [1.807, 2.05) is 12.1 Å². The van der Waals surface area contributed by atoms with E-state index in [0.717, 1.165) is 24.0 Å². The lowest BCUT2D eigenvalue weighted by Crippen LogP contribution is -2.34. The van der Waals surface area contributed by atoms with Crippen molar-refractivity contribution in [3.05, 3.63) is 127 Å². The number of benzene rings is 4. The Kier molecular flexibility index (Phi) is 13.3. The fraction of sp³-hybridized carbons (Fsp3) is 0.238. The van der Waals surface area contributed by atoms with Crippen molar-refractivity contribution in [3.63, 3.8) is 0 Å². The zero-order valence-electron chi connectivity index (χ0n) is 31.1. The van der Waals surface area contributed by atoms with Crippen LogP contribution in [0.3, 0.4) is 0 Å². The van der Waals surface area contributed by atoms with Gasteiger partial charge in [0, 0.05) is 34.3 Å². The Morgan fingerprint density at radius 1 is 0.518 bits per heavy atom. The molecule has 4 aromatic carbocycles. The molecular formula is C42H38Cl4N4O6. The summed E-state index contributed by atoms with van der Waals surface area (Å²) in [6.07, 6.45) is 6.29. The third-order valence-corrected chi connectivity index (χ3v) is 10.3. The SMILES string of the molecule is COc1ccc(/C=C2\N=C(c3ccc(Cl)cc3Cl)N(CCCCCCN3C(=O)/C(=C\c4ccc(OC)c(OC)c4)N=C3c3ccc(Cl)cc3Cl)C2=O)cc1OC. The minimum Gasteiger partial charge on any atom is -0.493 e. The van der Waals surface area contributed by atoms with E-state index in [0.29, 0.717) is 91.8 Å². The van der Waals surface area contributed by atoms with Crippen LogP contribution in [0.15, 0.2) is 94.2 Å². The number of unbranched alkanes of at least 4 members (excludes halogenated alkanes) is 3. The summed E-state index contributed by atoms with van der Waals surface area (Å²) in [5, 5.41) is 1.72. The van der Waals surface area contributed by atoms with Gasteiger partial charge in [-0.2, -0.15) is 0 Å². The monoisotopic (exact) mass is 834 g/mol. The van der Waals surface area contributed by atoms with Gasteiger partial charge in [0.1, 0.15) is 23.1 Å². The second-order valence-corrected chi connectivity index (χ2v) is 14.4. The number of rotatable bonds is 15. The van der Waals surface area contributed by atoms with E-state index < -0.39 is 0 Å². The van der Waals surface area contributed by atoms with Gasteiger partial charge >= 0.3 is 0 Å². The van der Waals surface area contributed by atoms with E-state index >= 15 is 0 Å². The lowest BCUT2D eigenvalue weighted by molar-refractivity contribution is -0.123. The Morgan fingerprint density at radius 2 is 0.911 bits per heavy atom. The minimum absolute atomic E-state index is 0.252. The van der Waals surface area contributed by atoms with Gasteiger partial charge < -0.3 is 18.9 Å². The average molecular weight is 837 g/mol. The molecule has 0 N–H and O–H groups in total. The fourth-order valence-electron chi connectivity index (χ4n) is 6.36. The summed E-state index contributed by atoms with van der Waals surface area (Å²) >= 11 is 25.6. The molecule has 0 radical (unpaired) electrons. The van der Waals surface area contributed by atoms with Crippen LogP contribution in [0.1, 0.15) is 47.9 Å². The van der Waals surface area contributed by atoms with E-state index in [4.69, 9.17) is 75.3 Å². The Hall–Kier alpha value is -5.00. The molecule has 2 aliphatic rings. The molecular weight excluding hydrogens is 798 g/mol. The predicted octanol–water partition coefficient (Wildman–Crippen LogP) is 9.85. The molecule has 0 saturated heterocycles. The summed E-state index contributed by atoms with van der Waals surface area (Å²) < 4.78 is 21.6. The van der Waals surface area contributed by atoms with Gasteiger partial charge in [0.25, 0.3) is 11.8 Å². The maximum atomic E-state index is 13.9. The fourth-order valence-corrected chi connectivity index (χ4v) is 7.35. The number of methoxy groups -OCH3 is 4. The molecule has 2 heterocycles. The summed E-state index contributed by atoms with van der Waals surface area (Å²) in [5.74, 6) is 2.60. The van der Waals surface area contributed by atoms with E-state index in [-0.39, 0.29) is 23.2 Å². The number of carbonyl (C=O) groups is 2. The van der Waals surface area contributed by atoms with Gasteiger partial charge in [-0.25, -0.2) is 9.98 Å². The van der Waals surface area contributed by atoms with Crippen LogP contribution in [0.2, 0.25) is 20.1 Å². The highest BCUT2D eigenvalue weighted by atomic mass is 35.5. The van der Waals surface area contributed by atoms with Crippen molar-refractivity contribution in [1.82, 2.24) is 9.80 Å². The lowest BCUT2D eigenvalue weighted by Gasteiger charge is -2.20. The van der Waals surface area contributed by atoms with Crippen LogP contribution in [-0.4, -0.2) is 74.8 Å². The van der Waals surface area contributed by atoms with Gasteiger partial charge in [0.05, 0.1) is 38.5 Å². The Balaban J connectivity index is 1.15. The van der Waals surface area contributed by atoms with Gasteiger partial charge in [0.15, 0.2) is 23.0 Å². The van der Waals surface area contributed by atoms with Crippen LogP contribution >= 0.6 is 46.4 Å². The Labute approximate surface area is 345 Å². The van der Waals surface area contributed by atoms with Crippen LogP contribution in [0.4, 0.5) is 0 Å². The van der Waals surface area contributed by atoms with Crippen molar-refractivity contribution in [3.8, 4) is 23.0 Å². The molecule has 0 aromatic heterocycles. The summed E-state index contributed by atoms with van der Waals surface area (Å²) in [4.78, 5) is 40.5. The molecule has 0 fully saturated rings. The number of aliphatic imine (C=N–C) groups is 2. The number of ether oxygens (including phenoxy) is 4. The number of halogens is 4. The summed E-state index contributed by atoms with van der Waals surface area (Å²) in [6.45, 7) is 0.793. The van der Waals surface area contributed by atoms with Crippen molar-refractivity contribution in [1.29, 1.82) is 0 Å². The number of nitrogens with zero attached hydrogens (tertiary/aromatic N) is 4. The van der Waals surface area contributed by atoms with Crippen molar-refractivity contribution in [2.24, 2.45) is 9.98 Å². The molecule has 2 amide bonds. The number of hydrogen-bond acceptors (Lipinski definition) is 8. The normalized spacial score (nSPS) is 15.5. The number of amides is 2. The maximum Gasteiger partial charge on any atom is 0.278 e. The topological polar surface area (TPSA) is 102 Å². The molecule has 0 aliphatic carbocycles. The predicted molar refractivity (Wildman–Crippen MR) is 223 cm³/mol. The highest BCUT2D eigenvalue weighted by molar-refractivity contribution is 6.38. The smallest absolute Gasteiger partial charge is 0.278 e. The zero-order chi connectivity index (χ0) is 39.9. The minimum atomic E-state index is -0.252. The molecule has 10 nitrogen and oxygen atoms in total. The molecule has 4 aromatic rings. The molecule has 2 aliphatic heterocycles. The van der Waals surface area contributed by atoms with E-state index in [1.54, 1.807) is 111 Å². The number of hydrogen-bond donors (Lipinski definition) is 0. The van der Waals surface area contributed by atoms with Crippen LogP contribution < -0.4 is 18.9 Å². The zero-order valence-corrected chi connectivity index (χ0v) is 34.1. The number of carbonyl (C=O) groups excluding carboxylic acids is 2. The molecule has 0 saturated carbocycles. The summed E-state index contributed by atoms with van der Waals surface area (Å²) in [7, 11) is 6.23. The van der Waals surface area contributed by atoms with Gasteiger partial charge in [-0.1, -0.05) is 71.4 Å². The Morgan fingerprint density at radius 3 is 1.27 bits per heavy atom. The second kappa shape index (κ2) is 18.3. The number of amidine groups is 2. The molecule has 0 atom stereocenters. The van der Waals surface area contributed by atoms with Crippen LogP contribution in [0.5, 0.6) is 23.0 Å². The van der Waals surface area contributed by atoms with E-state index in [2.05, 4.69) is 0 Å². The van der Waals surface area contributed by atoms with E-state index in [1.165, 1.54) is 0 Å². The standard InChI is InChI=1S/C42H38Cl4N4O6/c1-53-35-15-9-25(21-37(35)55-3)19-33-41(51)49(39(47-33)29-13-11-27(43)23-31(29)45)17-7-5-6-8-18-50-40(30-14-12-28(44)24-32(30)46)48-34(42(50)52)20-26-10-16-36(54-2)38(22-26)56-4/h9-16,19-24H,5-8,17-18H2,1-4H3/b33-19-,34-20+. The Bertz CT molecular complexity index is 2130. The van der Waals surface area contributed by atoms with Gasteiger partial charge in [-0.15, -0.1) is 0 Å². The first kappa shape index (κ1) is 40.7. The quantitative estimate of drug-likeness (QED) is 0.0873. The molecule has 0 bridgehead atoms. The average Bonchev–Trinajstić information content (AvgIpc) is 3.66. The third kappa shape index (κ3) is 9.00. The summed E-state index contributed by atoms with van der Waals surface area (Å²) in [5.41, 5.74) is 3.15. The highest BCUT2D eigenvalue weighted by Crippen LogP contribution is 2.34. The van der Waals surface area contributed by atoms with Crippen molar-refractivity contribution >= 4 is 82.0 Å². The second-order valence-electron chi connectivity index (χ2n) is 12.7. The summed E-state index contributed by atoms with van der Waals surface area (Å²) in [6, 6.07) is 21.0. The lowest BCUT2D eigenvalue weighted by atomic mass is 10.1. The maximum absolute atomic E-state index is 13.9. The van der Waals surface area contributed by atoms with Crippen LogP contribution in [0, 0.1) is 0 Å². The van der Waals surface area contributed by atoms with Crippen molar-refractivity contribution in [2.45, 2.75) is 25.7 Å². The van der Waals surface area contributed by atoms with Crippen LogP contribution in [0.25, 0.3) is 12.2 Å². The highest BCUT2D eigenvalue weighted by Gasteiger charge is 2.33. The first-order chi connectivity index (χ1) is 27.0. The molecule has 14 heteroatoms. The molecule has 0 unspecified atom stereocenters. The first-order valence-corrected chi connectivity index (χ1v) is 19.2. The first-order valence-electron chi connectivity index (χ1n) is 17.6. The van der Waals surface area contributed by atoms with Gasteiger partial charge in [0.2, 0.25) is 0 Å². The molecule has 56 heavy (non-hydrogen) atoms.